The molecule has 0 radical (unpaired) electrons. The number of guanidine groups is 1. The molecule has 0 aromatic carbocycles. The summed E-state index contributed by atoms with van der Waals surface area (Å²) in [5.74, 6) is 2.52. The summed E-state index contributed by atoms with van der Waals surface area (Å²) in [6.07, 6.45) is 7.09. The van der Waals surface area contributed by atoms with E-state index in [0.29, 0.717) is 12.3 Å². The molecule has 0 spiro atoms. The van der Waals surface area contributed by atoms with E-state index >= 15 is 0 Å². The van der Waals surface area contributed by atoms with E-state index in [1.54, 1.807) is 0 Å². The van der Waals surface area contributed by atoms with E-state index in [1.165, 1.54) is 31.9 Å². The molecule has 22 heavy (non-hydrogen) atoms. The van der Waals surface area contributed by atoms with Gasteiger partial charge in [0.1, 0.15) is 9.84 Å². The molecule has 1 aliphatic carbocycles. The fourth-order valence-electron chi connectivity index (χ4n) is 2.96. The van der Waals surface area contributed by atoms with Gasteiger partial charge in [0.15, 0.2) is 5.96 Å². The second-order valence-electron chi connectivity index (χ2n) is 6.82. The van der Waals surface area contributed by atoms with Crippen molar-refractivity contribution in [3.63, 3.8) is 0 Å². The number of hydrogen-bond donors (Lipinski definition) is 2. The number of sulfone groups is 1. The zero-order valence-electron chi connectivity index (χ0n) is 14.6. The van der Waals surface area contributed by atoms with Crippen LogP contribution < -0.4 is 10.6 Å². The Kier molecular flexibility index (Phi) is 8.21. The first-order chi connectivity index (χ1) is 10.3. The van der Waals surface area contributed by atoms with Gasteiger partial charge in [0.25, 0.3) is 0 Å². The maximum Gasteiger partial charge on any atom is 0.191 e. The molecule has 0 aromatic rings. The quantitative estimate of drug-likeness (QED) is 0.554. The van der Waals surface area contributed by atoms with E-state index in [4.69, 9.17) is 4.99 Å². The van der Waals surface area contributed by atoms with Crippen LogP contribution in [-0.4, -0.2) is 45.5 Å². The highest BCUT2D eigenvalue weighted by Gasteiger charge is 2.18. The monoisotopic (exact) mass is 331 g/mol. The zero-order valence-corrected chi connectivity index (χ0v) is 15.4. The van der Waals surface area contributed by atoms with Gasteiger partial charge in [-0.1, -0.05) is 19.8 Å². The van der Waals surface area contributed by atoms with Gasteiger partial charge in [0, 0.05) is 25.4 Å². The van der Waals surface area contributed by atoms with Gasteiger partial charge in [-0.3, -0.25) is 4.99 Å². The fourth-order valence-corrected chi connectivity index (χ4v) is 3.74. The van der Waals surface area contributed by atoms with Crippen molar-refractivity contribution in [3.8, 4) is 0 Å². The molecule has 3 unspecified atom stereocenters. The van der Waals surface area contributed by atoms with Crippen molar-refractivity contribution in [3.05, 3.63) is 0 Å². The summed E-state index contributed by atoms with van der Waals surface area (Å²) in [6, 6.07) is 0.0952. The van der Waals surface area contributed by atoms with Crippen molar-refractivity contribution in [1.82, 2.24) is 10.6 Å². The summed E-state index contributed by atoms with van der Waals surface area (Å²) in [4.78, 5) is 4.70. The number of nitrogens with one attached hydrogen (secondary N) is 2. The molecule has 0 aromatic heterocycles. The number of hydrogen-bond acceptors (Lipinski definition) is 3. The van der Waals surface area contributed by atoms with Crippen LogP contribution in [-0.2, 0) is 9.84 Å². The lowest BCUT2D eigenvalue weighted by Crippen LogP contribution is -2.43. The van der Waals surface area contributed by atoms with Crippen molar-refractivity contribution in [2.75, 3.05) is 25.1 Å². The van der Waals surface area contributed by atoms with E-state index in [2.05, 4.69) is 17.6 Å². The Morgan fingerprint density at radius 1 is 1.36 bits per heavy atom. The van der Waals surface area contributed by atoms with E-state index in [9.17, 15) is 8.42 Å². The first-order valence-electron chi connectivity index (χ1n) is 8.52. The van der Waals surface area contributed by atoms with Crippen molar-refractivity contribution >= 4 is 15.8 Å². The van der Waals surface area contributed by atoms with Gasteiger partial charge >= 0.3 is 0 Å². The standard InChI is InChI=1S/C16H33N3O2S/c1-5-17-16(19-14(3)9-10-22(4,20)21)18-12-15-8-6-7-13(2)11-15/h13-15H,5-12H2,1-4H3,(H2,17,18,19). The van der Waals surface area contributed by atoms with Crippen LogP contribution in [0.5, 0.6) is 0 Å². The first-order valence-corrected chi connectivity index (χ1v) is 10.6. The van der Waals surface area contributed by atoms with Crippen molar-refractivity contribution in [1.29, 1.82) is 0 Å². The first kappa shape index (κ1) is 19.3. The molecule has 1 aliphatic rings. The Balaban J connectivity index is 2.47. The van der Waals surface area contributed by atoms with Crippen LogP contribution in [0.25, 0.3) is 0 Å². The van der Waals surface area contributed by atoms with Crippen LogP contribution in [0.3, 0.4) is 0 Å². The highest BCUT2D eigenvalue weighted by Crippen LogP contribution is 2.28. The Hall–Kier alpha value is -0.780. The predicted octanol–water partition coefficient (Wildman–Crippen LogP) is 2.19. The summed E-state index contributed by atoms with van der Waals surface area (Å²) < 4.78 is 22.5. The van der Waals surface area contributed by atoms with Gasteiger partial charge in [0.2, 0.25) is 0 Å². The molecule has 6 heteroatoms. The molecule has 130 valence electrons. The summed E-state index contributed by atoms with van der Waals surface area (Å²) in [5.41, 5.74) is 0. The molecular weight excluding hydrogens is 298 g/mol. The van der Waals surface area contributed by atoms with Gasteiger partial charge in [-0.05, 0) is 44.9 Å². The lowest BCUT2D eigenvalue weighted by molar-refractivity contribution is 0.289. The highest BCUT2D eigenvalue weighted by molar-refractivity contribution is 7.90. The third kappa shape index (κ3) is 8.61. The highest BCUT2D eigenvalue weighted by atomic mass is 32.2. The van der Waals surface area contributed by atoms with Gasteiger partial charge in [-0.2, -0.15) is 0 Å². The third-order valence-electron chi connectivity index (χ3n) is 4.20. The van der Waals surface area contributed by atoms with Crippen LogP contribution in [0.2, 0.25) is 0 Å². The lowest BCUT2D eigenvalue weighted by atomic mass is 9.82. The smallest absolute Gasteiger partial charge is 0.191 e. The molecule has 0 saturated heterocycles. The Morgan fingerprint density at radius 3 is 2.68 bits per heavy atom. The largest absolute Gasteiger partial charge is 0.357 e. The van der Waals surface area contributed by atoms with E-state index in [1.807, 2.05) is 13.8 Å². The second-order valence-corrected chi connectivity index (χ2v) is 9.08. The van der Waals surface area contributed by atoms with Crippen LogP contribution >= 0.6 is 0 Å². The Bertz CT molecular complexity index is 448. The topological polar surface area (TPSA) is 70.6 Å². The van der Waals surface area contributed by atoms with E-state index < -0.39 is 9.84 Å². The molecular formula is C16H33N3O2S. The normalized spacial score (nSPS) is 24.8. The molecule has 0 aliphatic heterocycles. The lowest BCUT2D eigenvalue weighted by Gasteiger charge is -2.26. The fraction of sp³-hybridized carbons (Fsp3) is 0.938. The molecule has 1 rings (SSSR count). The average Bonchev–Trinajstić information content (AvgIpc) is 2.42. The summed E-state index contributed by atoms with van der Waals surface area (Å²) in [6.45, 7) is 8.04. The second kappa shape index (κ2) is 9.38. The minimum absolute atomic E-state index is 0.0952. The predicted molar refractivity (Wildman–Crippen MR) is 94.0 cm³/mol. The van der Waals surface area contributed by atoms with Crippen LogP contribution in [0, 0.1) is 11.8 Å². The third-order valence-corrected chi connectivity index (χ3v) is 5.18. The zero-order chi connectivity index (χ0) is 16.6. The number of rotatable bonds is 7. The van der Waals surface area contributed by atoms with E-state index in [0.717, 1.165) is 25.0 Å². The van der Waals surface area contributed by atoms with Gasteiger partial charge < -0.3 is 10.6 Å². The molecule has 2 N–H and O–H groups in total. The molecule has 5 nitrogen and oxygen atoms in total. The minimum Gasteiger partial charge on any atom is -0.357 e. The van der Waals surface area contributed by atoms with Crippen LogP contribution in [0.4, 0.5) is 0 Å². The molecule has 1 fully saturated rings. The van der Waals surface area contributed by atoms with Gasteiger partial charge in [0.05, 0.1) is 5.75 Å². The van der Waals surface area contributed by atoms with Crippen LogP contribution in [0.1, 0.15) is 52.9 Å². The molecule has 0 heterocycles. The van der Waals surface area contributed by atoms with Crippen molar-refractivity contribution in [2.45, 2.75) is 58.9 Å². The summed E-state index contributed by atoms with van der Waals surface area (Å²) in [5, 5.41) is 6.57. The summed E-state index contributed by atoms with van der Waals surface area (Å²) in [7, 11) is -2.90. The number of aliphatic imine (C=N–C) groups is 1. The maximum absolute atomic E-state index is 11.2. The van der Waals surface area contributed by atoms with Crippen molar-refractivity contribution in [2.24, 2.45) is 16.8 Å². The van der Waals surface area contributed by atoms with Gasteiger partial charge in [-0.25, -0.2) is 8.42 Å². The van der Waals surface area contributed by atoms with Crippen LogP contribution in [0.15, 0.2) is 4.99 Å². The maximum atomic E-state index is 11.2. The van der Waals surface area contributed by atoms with E-state index in [-0.39, 0.29) is 11.8 Å². The molecule has 0 amide bonds. The number of nitrogens with zero attached hydrogens (tertiary/aromatic N) is 1. The van der Waals surface area contributed by atoms with Gasteiger partial charge in [-0.15, -0.1) is 0 Å². The average molecular weight is 332 g/mol. The Labute approximate surface area is 136 Å². The SMILES string of the molecule is CCNC(=NCC1CCCC(C)C1)NC(C)CCS(C)(=O)=O. The summed E-state index contributed by atoms with van der Waals surface area (Å²) >= 11 is 0. The Morgan fingerprint density at radius 2 is 2.09 bits per heavy atom. The van der Waals surface area contributed by atoms with Crippen molar-refractivity contribution < 1.29 is 8.42 Å². The molecule has 3 atom stereocenters. The molecule has 0 bridgehead atoms. The minimum atomic E-state index is -2.90. The molecule has 1 saturated carbocycles.